The van der Waals surface area contributed by atoms with Gasteiger partial charge in [-0.15, -0.1) is 0 Å². The Morgan fingerprint density at radius 1 is 1.18 bits per heavy atom. The van der Waals surface area contributed by atoms with E-state index in [9.17, 15) is 4.79 Å². The molecular weight excluding hydrogens is 321 g/mol. The van der Waals surface area contributed by atoms with Crippen LogP contribution in [0.25, 0.3) is 5.65 Å². The molecule has 0 amide bonds. The highest BCUT2D eigenvalue weighted by Gasteiger charge is 2.15. The first-order valence-corrected chi connectivity index (χ1v) is 7.73. The Morgan fingerprint density at radius 3 is 2.55 bits per heavy atom. The maximum absolute atomic E-state index is 12.6. The van der Waals surface area contributed by atoms with E-state index in [1.165, 1.54) is 4.57 Å². The Kier molecular flexibility index (Phi) is 3.98. The summed E-state index contributed by atoms with van der Waals surface area (Å²) < 4.78 is 3.30. The molecule has 0 spiro atoms. The highest BCUT2D eigenvalue weighted by atomic mass is 35.5. The molecule has 0 fully saturated rings. The van der Waals surface area contributed by atoms with E-state index in [0.717, 1.165) is 17.0 Å². The highest BCUT2D eigenvalue weighted by molar-refractivity contribution is 6.30. The Balaban J connectivity index is 1.97. The van der Waals surface area contributed by atoms with E-state index in [2.05, 4.69) is 4.98 Å². The Bertz CT molecular complexity index is 881. The summed E-state index contributed by atoms with van der Waals surface area (Å²) in [6.07, 6.45) is 4.06. The van der Waals surface area contributed by atoms with Crippen LogP contribution in [0.4, 0.5) is 0 Å². The van der Waals surface area contributed by atoms with Crippen molar-refractivity contribution in [2.75, 3.05) is 0 Å². The molecule has 1 atom stereocenters. The lowest BCUT2D eigenvalue weighted by atomic mass is 10.1. The van der Waals surface area contributed by atoms with Crippen LogP contribution in [0, 0.1) is 13.8 Å². The second-order valence-electron chi connectivity index (χ2n) is 5.25. The van der Waals surface area contributed by atoms with Gasteiger partial charge in [0.1, 0.15) is 5.50 Å². The number of aromatic nitrogens is 3. The van der Waals surface area contributed by atoms with Crippen LogP contribution in [0.2, 0.25) is 5.02 Å². The molecule has 3 rings (SSSR count). The minimum Gasteiger partial charge on any atom is -0.298 e. The van der Waals surface area contributed by atoms with Gasteiger partial charge in [-0.2, -0.15) is 0 Å². The van der Waals surface area contributed by atoms with Crippen LogP contribution in [0.5, 0.6) is 0 Å². The van der Waals surface area contributed by atoms with Crippen molar-refractivity contribution in [2.45, 2.75) is 25.8 Å². The number of nitrogens with zero attached hydrogens (tertiary/aromatic N) is 3. The third-order valence-electron chi connectivity index (χ3n) is 3.81. The largest absolute Gasteiger partial charge is 0.298 e. The van der Waals surface area contributed by atoms with Gasteiger partial charge in [0.2, 0.25) is 5.65 Å². The number of rotatable bonds is 3. The van der Waals surface area contributed by atoms with Gasteiger partial charge in [-0.3, -0.25) is 13.8 Å². The minimum atomic E-state index is -0.476. The second kappa shape index (κ2) is 5.78. The molecule has 2 heterocycles. The predicted octanol–water partition coefficient (Wildman–Crippen LogP) is 3.75. The van der Waals surface area contributed by atoms with Crippen molar-refractivity contribution in [1.29, 1.82) is 0 Å². The molecule has 1 unspecified atom stereocenters. The van der Waals surface area contributed by atoms with E-state index in [1.54, 1.807) is 10.6 Å². The molecule has 6 heteroatoms. The molecule has 3 aromatic rings. The molecule has 4 nitrogen and oxygen atoms in total. The number of hydrogen-bond donors (Lipinski definition) is 0. The standard InChI is InChI=1S/C16H15Cl2N3O/c1-10-11(2)20-7-8-21(16(22)15(20)19-10)14(18)9-12-3-5-13(17)6-4-12/h3-8,14H,9H2,1-2H3. The second-order valence-corrected chi connectivity index (χ2v) is 6.19. The first kappa shape index (κ1) is 15.1. The van der Waals surface area contributed by atoms with Gasteiger partial charge < -0.3 is 0 Å². The fourth-order valence-corrected chi connectivity index (χ4v) is 2.87. The van der Waals surface area contributed by atoms with Crippen LogP contribution in [0.3, 0.4) is 0 Å². The number of hydrogen-bond acceptors (Lipinski definition) is 2. The van der Waals surface area contributed by atoms with Crippen LogP contribution < -0.4 is 5.56 Å². The summed E-state index contributed by atoms with van der Waals surface area (Å²) in [5, 5.41) is 0.678. The van der Waals surface area contributed by atoms with Crippen molar-refractivity contribution in [3.63, 3.8) is 0 Å². The van der Waals surface area contributed by atoms with Crippen LogP contribution in [0.1, 0.15) is 22.5 Å². The molecule has 2 aromatic heterocycles. The molecule has 0 saturated carbocycles. The average Bonchev–Trinajstić information content (AvgIpc) is 2.78. The summed E-state index contributed by atoms with van der Waals surface area (Å²) in [5.74, 6) is 0. The molecular formula is C16H15Cl2N3O. The van der Waals surface area contributed by atoms with E-state index >= 15 is 0 Å². The van der Waals surface area contributed by atoms with Crippen molar-refractivity contribution in [3.05, 3.63) is 69.0 Å². The Labute approximate surface area is 137 Å². The van der Waals surface area contributed by atoms with Crippen molar-refractivity contribution >= 4 is 28.8 Å². The Hall–Kier alpha value is -1.78. The zero-order valence-electron chi connectivity index (χ0n) is 12.3. The number of benzene rings is 1. The summed E-state index contributed by atoms with van der Waals surface area (Å²) >= 11 is 12.3. The normalized spacial score (nSPS) is 12.7. The first-order chi connectivity index (χ1) is 10.5. The van der Waals surface area contributed by atoms with Crippen molar-refractivity contribution in [2.24, 2.45) is 0 Å². The maximum Gasteiger partial charge on any atom is 0.295 e. The molecule has 0 aliphatic carbocycles. The number of halogens is 2. The maximum atomic E-state index is 12.6. The molecule has 0 N–H and O–H groups in total. The van der Waals surface area contributed by atoms with Gasteiger partial charge in [-0.05, 0) is 31.5 Å². The lowest BCUT2D eigenvalue weighted by Gasteiger charge is -2.13. The third kappa shape index (κ3) is 2.64. The fourth-order valence-electron chi connectivity index (χ4n) is 2.42. The van der Waals surface area contributed by atoms with Crippen LogP contribution in [0.15, 0.2) is 41.5 Å². The summed E-state index contributed by atoms with van der Waals surface area (Å²) in [6, 6.07) is 7.44. The zero-order chi connectivity index (χ0) is 15.9. The van der Waals surface area contributed by atoms with Gasteiger partial charge in [0, 0.05) is 29.5 Å². The smallest absolute Gasteiger partial charge is 0.295 e. The lowest BCUT2D eigenvalue weighted by Crippen LogP contribution is -2.24. The van der Waals surface area contributed by atoms with E-state index in [1.807, 2.05) is 44.3 Å². The number of aryl methyl sites for hydroxylation is 2. The highest BCUT2D eigenvalue weighted by Crippen LogP contribution is 2.19. The van der Waals surface area contributed by atoms with Gasteiger partial charge in [-0.25, -0.2) is 4.98 Å². The minimum absolute atomic E-state index is 0.187. The molecule has 0 aliphatic heterocycles. The Morgan fingerprint density at radius 2 is 1.86 bits per heavy atom. The van der Waals surface area contributed by atoms with Crippen LogP contribution in [-0.2, 0) is 6.42 Å². The van der Waals surface area contributed by atoms with Crippen molar-refractivity contribution in [1.82, 2.24) is 14.0 Å². The van der Waals surface area contributed by atoms with Gasteiger partial charge in [0.15, 0.2) is 0 Å². The van der Waals surface area contributed by atoms with Crippen molar-refractivity contribution < 1.29 is 0 Å². The first-order valence-electron chi connectivity index (χ1n) is 6.92. The van der Waals surface area contributed by atoms with Gasteiger partial charge in [0.05, 0.1) is 5.69 Å². The summed E-state index contributed by atoms with van der Waals surface area (Å²) in [4.78, 5) is 16.9. The summed E-state index contributed by atoms with van der Waals surface area (Å²) in [6.45, 7) is 3.82. The number of alkyl halides is 1. The molecule has 0 bridgehead atoms. The summed E-state index contributed by atoms with van der Waals surface area (Å²) in [5.41, 5.74) is 2.57. The summed E-state index contributed by atoms with van der Waals surface area (Å²) in [7, 11) is 0. The van der Waals surface area contributed by atoms with E-state index < -0.39 is 5.50 Å². The number of imidazole rings is 1. The lowest BCUT2D eigenvalue weighted by molar-refractivity contribution is 0.635. The van der Waals surface area contributed by atoms with E-state index in [0.29, 0.717) is 17.1 Å². The van der Waals surface area contributed by atoms with E-state index in [-0.39, 0.29) is 5.56 Å². The molecule has 22 heavy (non-hydrogen) atoms. The van der Waals surface area contributed by atoms with Gasteiger partial charge >= 0.3 is 0 Å². The van der Waals surface area contributed by atoms with Crippen molar-refractivity contribution in [3.8, 4) is 0 Å². The average molecular weight is 336 g/mol. The quantitative estimate of drug-likeness (QED) is 0.684. The zero-order valence-corrected chi connectivity index (χ0v) is 13.8. The molecule has 0 aliphatic rings. The van der Waals surface area contributed by atoms with Crippen LogP contribution in [-0.4, -0.2) is 14.0 Å². The molecule has 114 valence electrons. The van der Waals surface area contributed by atoms with Gasteiger partial charge in [-0.1, -0.05) is 35.3 Å². The van der Waals surface area contributed by atoms with Gasteiger partial charge in [0.25, 0.3) is 5.56 Å². The molecule has 1 aromatic carbocycles. The number of fused-ring (bicyclic) bond motifs is 1. The SMILES string of the molecule is Cc1nc2c(=O)n(C(Cl)Cc3ccc(Cl)cc3)ccn2c1C. The topological polar surface area (TPSA) is 39.3 Å². The molecule has 0 saturated heterocycles. The van der Waals surface area contributed by atoms with Crippen LogP contribution >= 0.6 is 23.2 Å². The predicted molar refractivity (Wildman–Crippen MR) is 89.0 cm³/mol. The third-order valence-corrected chi connectivity index (χ3v) is 4.42. The molecule has 0 radical (unpaired) electrons. The monoisotopic (exact) mass is 335 g/mol. The fraction of sp³-hybridized carbons (Fsp3) is 0.250. The van der Waals surface area contributed by atoms with E-state index in [4.69, 9.17) is 23.2 Å².